The summed E-state index contributed by atoms with van der Waals surface area (Å²) in [5.74, 6) is 0. The zero-order valence-electron chi connectivity index (χ0n) is 20.5. The second-order valence-corrected chi connectivity index (χ2v) is 13.1. The zero-order chi connectivity index (χ0) is 24.1. The molecule has 0 heterocycles. The van der Waals surface area contributed by atoms with E-state index in [-0.39, 0.29) is 0 Å². The number of aliphatic imine (C=N–C) groups is 1. The molecule has 31 heavy (non-hydrogen) atoms. The van der Waals surface area contributed by atoms with Crippen molar-refractivity contribution in [3.05, 3.63) is 54.6 Å². The van der Waals surface area contributed by atoms with E-state index in [0.717, 1.165) is 11.1 Å². The molecule has 0 radical (unpaired) electrons. The fraction of sp³-hybridized carbons (Fsp3) is 0.500. The van der Waals surface area contributed by atoms with Crippen LogP contribution in [0, 0.1) is 0 Å². The molecular weight excluding hydrogens is 663 g/mol. The van der Waals surface area contributed by atoms with Crippen LogP contribution in [0.4, 0.5) is 0 Å². The van der Waals surface area contributed by atoms with Crippen molar-refractivity contribution >= 4 is 51.7 Å². The number of benzene rings is 2. The molecule has 2 aromatic carbocycles. The van der Waals surface area contributed by atoms with Crippen molar-refractivity contribution in [2.75, 3.05) is 44.0 Å². The number of nitrogens with zero attached hydrogens (tertiary/aromatic N) is 1. The second-order valence-electron chi connectivity index (χ2n) is 6.58. The van der Waals surface area contributed by atoms with Gasteiger partial charge in [-0.15, -0.1) is 27.5 Å². The van der Waals surface area contributed by atoms with Gasteiger partial charge in [0.05, 0.1) is 0 Å². The normalized spacial score (nSPS) is 10.2. The summed E-state index contributed by atoms with van der Waals surface area (Å²) < 4.78 is 0. The number of rotatable bonds is 8. The van der Waals surface area contributed by atoms with Gasteiger partial charge in [0, 0.05) is 7.05 Å². The van der Waals surface area contributed by atoms with Gasteiger partial charge in [0.15, 0.2) is 0 Å². The average molecular weight is 706 g/mol. The Balaban J connectivity index is 0. The molecule has 0 N–H and O–H groups in total. The van der Waals surface area contributed by atoms with Crippen molar-refractivity contribution in [1.82, 2.24) is 0 Å². The van der Waals surface area contributed by atoms with Crippen molar-refractivity contribution in [1.29, 1.82) is 0 Å². The predicted octanol–water partition coefficient (Wildman–Crippen LogP) is 9.33. The van der Waals surface area contributed by atoms with Gasteiger partial charge >= 0.3 is 31.1 Å². The van der Waals surface area contributed by atoms with E-state index in [0.29, 0.717) is 15.8 Å². The SMILES string of the molecule is C=C([C-]=NC)c1cccc2ccccc12.CCP(CC)CC.CCP(CC)CC.[Br][Pt+]. The topological polar surface area (TPSA) is 12.4 Å². The van der Waals surface area contributed by atoms with E-state index < -0.39 is 0 Å². The van der Waals surface area contributed by atoms with Crippen LogP contribution in [0.2, 0.25) is 0 Å². The first kappa shape index (κ1) is 33.3. The molecule has 2 aromatic rings. The van der Waals surface area contributed by atoms with Gasteiger partial charge < -0.3 is 4.99 Å². The summed E-state index contributed by atoms with van der Waals surface area (Å²) >= 11 is 4.86. The monoisotopic (exact) mass is 704 g/mol. The van der Waals surface area contributed by atoms with Crippen LogP contribution in [0.25, 0.3) is 16.3 Å². The Hall–Kier alpha value is 0.138. The van der Waals surface area contributed by atoms with Crippen LogP contribution in [-0.4, -0.2) is 50.2 Å². The van der Waals surface area contributed by atoms with Crippen LogP contribution in [0.1, 0.15) is 47.1 Å². The van der Waals surface area contributed by atoms with Gasteiger partial charge in [-0.3, -0.25) is 0 Å². The summed E-state index contributed by atoms with van der Waals surface area (Å²) in [6, 6.07) is 14.4. The van der Waals surface area contributed by atoms with Gasteiger partial charge in [0.2, 0.25) is 0 Å². The fourth-order valence-electron chi connectivity index (χ4n) is 3.03. The third-order valence-corrected chi connectivity index (χ3v) is 10.4. The molecule has 0 spiro atoms. The summed E-state index contributed by atoms with van der Waals surface area (Å²) in [5.41, 5.74) is 1.92. The number of fused-ring (bicyclic) bond motifs is 1. The Bertz CT molecular complexity index is 685. The summed E-state index contributed by atoms with van der Waals surface area (Å²) in [6.07, 6.45) is 11.4. The van der Waals surface area contributed by atoms with Crippen molar-refractivity contribution in [3.8, 4) is 0 Å². The van der Waals surface area contributed by atoms with Crippen LogP contribution in [0.5, 0.6) is 0 Å². The van der Waals surface area contributed by atoms with E-state index in [1.807, 2.05) is 42.0 Å². The van der Waals surface area contributed by atoms with Gasteiger partial charge in [-0.25, -0.2) is 0 Å². The van der Waals surface area contributed by atoms with E-state index in [2.05, 4.69) is 90.8 Å². The summed E-state index contributed by atoms with van der Waals surface area (Å²) in [5, 5.41) is 2.41. The first-order valence-electron chi connectivity index (χ1n) is 11.1. The van der Waals surface area contributed by atoms with E-state index in [9.17, 15) is 0 Å². The Morgan fingerprint density at radius 3 is 1.61 bits per heavy atom. The molecule has 0 fully saturated rings. The molecule has 0 atom stereocenters. The molecule has 2 rings (SSSR count). The van der Waals surface area contributed by atoms with Gasteiger partial charge in [-0.1, -0.05) is 89.5 Å². The Morgan fingerprint density at radius 2 is 1.23 bits per heavy atom. The average Bonchev–Trinajstić information content (AvgIpc) is 2.83. The Kier molecular flexibility index (Phi) is 25.0. The predicted molar refractivity (Wildman–Crippen MR) is 152 cm³/mol. The van der Waals surface area contributed by atoms with Crippen molar-refractivity contribution in [2.24, 2.45) is 4.99 Å². The van der Waals surface area contributed by atoms with Crippen molar-refractivity contribution in [2.45, 2.75) is 41.5 Å². The van der Waals surface area contributed by atoms with E-state index in [1.165, 1.54) is 47.7 Å². The molecule has 1 nitrogen and oxygen atoms in total. The molecule has 0 aliphatic heterocycles. The first-order chi connectivity index (χ1) is 15.0. The molecule has 0 amide bonds. The first-order valence-corrected chi connectivity index (χ1v) is 19.9. The quantitative estimate of drug-likeness (QED) is 0.148. The van der Waals surface area contributed by atoms with Gasteiger partial charge in [-0.05, 0) is 42.4 Å². The minimum atomic E-state index is 0.446. The van der Waals surface area contributed by atoms with Crippen LogP contribution >= 0.6 is 29.1 Å². The minimum absolute atomic E-state index is 0.446. The third kappa shape index (κ3) is 14.8. The molecule has 0 unspecified atom stereocenters. The number of halogens is 1. The summed E-state index contributed by atoms with van der Waals surface area (Å²) in [6.45, 7) is 17.7. The van der Waals surface area contributed by atoms with Crippen LogP contribution in [0.15, 0.2) is 54.0 Å². The van der Waals surface area contributed by atoms with Crippen LogP contribution < -0.4 is 0 Å². The van der Waals surface area contributed by atoms with Crippen LogP contribution in [0.3, 0.4) is 0 Å². The Labute approximate surface area is 213 Å². The Morgan fingerprint density at radius 1 is 0.806 bits per heavy atom. The van der Waals surface area contributed by atoms with E-state index >= 15 is 0 Å². The molecule has 178 valence electrons. The molecule has 0 saturated carbocycles. The molecule has 0 aliphatic carbocycles. The van der Waals surface area contributed by atoms with Crippen LogP contribution in [-0.2, 0) is 17.8 Å². The standard InChI is InChI=1S/C14H12N.2C6H15P.BrH.Pt/c1-11(10-15-2)13-9-5-7-12-6-3-4-8-14(12)13;2*1-4-7(5-2)6-3;;/h3-9H,1H2,2H3;2*4-6H2,1-3H3;1H;/q-1;;;;+2/p-1. The number of hydrogen-bond donors (Lipinski definition) is 0. The van der Waals surface area contributed by atoms with Gasteiger partial charge in [-0.2, -0.15) is 12.2 Å². The van der Waals surface area contributed by atoms with Gasteiger partial charge in [0.25, 0.3) is 0 Å². The molecular formula is C26H42BrNP2Pt. The number of allylic oxidation sites excluding steroid dienone is 1. The number of hydrogen-bond acceptors (Lipinski definition) is 1. The zero-order valence-corrected chi connectivity index (χ0v) is 26.2. The van der Waals surface area contributed by atoms with Crippen molar-refractivity contribution < 1.29 is 17.8 Å². The fourth-order valence-corrected chi connectivity index (χ4v) is 5.71. The molecule has 0 bridgehead atoms. The third-order valence-electron chi connectivity index (χ3n) is 5.04. The summed E-state index contributed by atoms with van der Waals surface area (Å²) in [4.78, 5) is 3.87. The molecule has 0 aliphatic rings. The molecule has 0 aromatic heterocycles. The maximum absolute atomic E-state index is 3.96. The molecule has 5 heteroatoms. The summed E-state index contributed by atoms with van der Waals surface area (Å²) in [7, 11) is 2.60. The molecule has 0 saturated heterocycles. The van der Waals surface area contributed by atoms with E-state index in [1.54, 1.807) is 7.05 Å². The van der Waals surface area contributed by atoms with Crippen molar-refractivity contribution in [3.63, 3.8) is 0 Å². The van der Waals surface area contributed by atoms with Gasteiger partial charge in [0.1, 0.15) is 0 Å². The van der Waals surface area contributed by atoms with E-state index in [4.69, 9.17) is 0 Å². The maximum atomic E-state index is 3.96. The second kappa shape index (κ2) is 23.3.